The molecule has 170 valence electrons. The molecular weight excluding hydrogens is 406 g/mol. The highest BCUT2D eigenvalue weighted by atomic mass is 19.4. The van der Waals surface area contributed by atoms with Gasteiger partial charge >= 0.3 is 12.4 Å². The Kier molecular flexibility index (Phi) is 8.74. The Morgan fingerprint density at radius 1 is 0.759 bits per heavy atom. The summed E-state index contributed by atoms with van der Waals surface area (Å²) in [7, 11) is 0. The molecule has 0 N–H and O–H groups in total. The van der Waals surface area contributed by atoms with Crippen molar-refractivity contribution in [3.8, 4) is 0 Å². The fourth-order valence-electron chi connectivity index (χ4n) is 3.77. The van der Waals surface area contributed by atoms with E-state index in [0.717, 1.165) is 0 Å². The number of carbonyl (C=O) groups is 1. The van der Waals surface area contributed by atoms with Crippen molar-refractivity contribution in [3.05, 3.63) is 0 Å². The van der Waals surface area contributed by atoms with E-state index in [-0.39, 0.29) is 18.7 Å². The third kappa shape index (κ3) is 9.63. The minimum atomic E-state index is -4.15. The molecule has 0 aromatic carbocycles. The van der Waals surface area contributed by atoms with Crippen molar-refractivity contribution in [3.63, 3.8) is 0 Å². The van der Waals surface area contributed by atoms with Gasteiger partial charge in [0.15, 0.2) is 5.79 Å². The Hall–Kier alpha value is -0.910. The molecule has 3 aliphatic heterocycles. The maximum atomic E-state index is 12.2. The molecule has 3 aliphatic rings. The van der Waals surface area contributed by atoms with Crippen molar-refractivity contribution in [2.45, 2.75) is 56.7 Å². The molecule has 0 unspecified atom stereocenters. The van der Waals surface area contributed by atoms with E-state index in [1.54, 1.807) is 0 Å². The first-order chi connectivity index (χ1) is 13.5. The van der Waals surface area contributed by atoms with Crippen LogP contribution in [0.25, 0.3) is 0 Å². The zero-order valence-corrected chi connectivity index (χ0v) is 16.3. The molecule has 29 heavy (non-hydrogen) atoms. The fourth-order valence-corrected chi connectivity index (χ4v) is 3.77. The molecule has 5 nitrogen and oxygen atoms in total. The predicted molar refractivity (Wildman–Crippen MR) is 92.3 cm³/mol. The van der Waals surface area contributed by atoms with Crippen LogP contribution in [0.5, 0.6) is 0 Å². The molecule has 0 atom stereocenters. The second-order valence-electron chi connectivity index (χ2n) is 7.64. The lowest BCUT2D eigenvalue weighted by molar-refractivity contribution is -0.168. The lowest BCUT2D eigenvalue weighted by Gasteiger charge is -2.26. The van der Waals surface area contributed by atoms with Gasteiger partial charge in [0.1, 0.15) is 5.78 Å². The second kappa shape index (κ2) is 10.4. The van der Waals surface area contributed by atoms with Gasteiger partial charge in [-0.25, -0.2) is 0 Å². The normalized spacial score (nSPS) is 24.7. The monoisotopic (exact) mass is 434 g/mol. The van der Waals surface area contributed by atoms with Crippen LogP contribution in [0.4, 0.5) is 26.3 Å². The summed E-state index contributed by atoms with van der Waals surface area (Å²) in [5.74, 6) is -0.523. The number of hydrogen-bond donors (Lipinski definition) is 0. The van der Waals surface area contributed by atoms with Crippen LogP contribution in [0.3, 0.4) is 0 Å². The van der Waals surface area contributed by atoms with Gasteiger partial charge in [0, 0.05) is 38.8 Å². The summed E-state index contributed by atoms with van der Waals surface area (Å²) in [6, 6.07) is 0. The van der Waals surface area contributed by atoms with Gasteiger partial charge < -0.3 is 9.47 Å². The van der Waals surface area contributed by atoms with Crippen molar-refractivity contribution in [1.82, 2.24) is 9.80 Å². The molecule has 0 saturated carbocycles. The van der Waals surface area contributed by atoms with Gasteiger partial charge in [-0.2, -0.15) is 26.3 Å². The highest BCUT2D eigenvalue weighted by Crippen LogP contribution is 2.32. The quantitative estimate of drug-likeness (QED) is 0.624. The van der Waals surface area contributed by atoms with E-state index in [1.807, 2.05) is 0 Å². The highest BCUT2D eigenvalue weighted by Gasteiger charge is 2.40. The summed E-state index contributed by atoms with van der Waals surface area (Å²) in [6.07, 6.45) is -5.11. The van der Waals surface area contributed by atoms with Crippen molar-refractivity contribution in [2.24, 2.45) is 0 Å². The highest BCUT2D eigenvalue weighted by molar-refractivity contribution is 5.78. The fraction of sp³-hybridized carbons (Fsp3) is 0.944. The molecule has 0 bridgehead atoms. The summed E-state index contributed by atoms with van der Waals surface area (Å²) in [6.45, 7) is 0.874. The number of nitrogens with zero attached hydrogens (tertiary/aromatic N) is 2. The number of ketones is 1. The average molecular weight is 434 g/mol. The van der Waals surface area contributed by atoms with Gasteiger partial charge in [-0.15, -0.1) is 0 Å². The van der Waals surface area contributed by atoms with E-state index in [9.17, 15) is 31.1 Å². The Labute approximate surface area is 166 Å². The van der Waals surface area contributed by atoms with Crippen LogP contribution >= 0.6 is 0 Å². The zero-order valence-electron chi connectivity index (χ0n) is 16.3. The number of carbonyl (C=O) groups excluding carboxylic acids is 1. The number of rotatable bonds is 2. The van der Waals surface area contributed by atoms with Crippen molar-refractivity contribution < 1.29 is 40.6 Å². The summed E-state index contributed by atoms with van der Waals surface area (Å²) in [4.78, 5) is 13.6. The number of halogens is 6. The number of hydrogen-bond acceptors (Lipinski definition) is 5. The lowest BCUT2D eigenvalue weighted by Crippen LogP contribution is -2.36. The van der Waals surface area contributed by atoms with Crippen molar-refractivity contribution in [1.29, 1.82) is 0 Å². The molecule has 3 heterocycles. The van der Waals surface area contributed by atoms with Crippen LogP contribution in [-0.2, 0) is 14.3 Å². The van der Waals surface area contributed by atoms with Crippen LogP contribution in [0.15, 0.2) is 0 Å². The van der Waals surface area contributed by atoms with Crippen LogP contribution in [0.1, 0.15) is 38.5 Å². The molecule has 3 saturated heterocycles. The lowest BCUT2D eigenvalue weighted by atomic mass is 10.1. The maximum absolute atomic E-state index is 12.2. The Morgan fingerprint density at radius 3 is 1.90 bits per heavy atom. The van der Waals surface area contributed by atoms with Crippen LogP contribution in [-0.4, -0.2) is 86.2 Å². The van der Waals surface area contributed by atoms with Gasteiger partial charge in [-0.3, -0.25) is 14.6 Å². The topological polar surface area (TPSA) is 42.0 Å². The number of alkyl halides is 6. The molecular formula is C18H28F6N2O3. The number of likely N-dealkylation sites (tertiary alicyclic amines) is 2. The maximum Gasteiger partial charge on any atom is 0.401 e. The molecule has 3 fully saturated rings. The largest absolute Gasteiger partial charge is 0.401 e. The number of ether oxygens (including phenoxy) is 2. The average Bonchev–Trinajstić information content (AvgIpc) is 2.83. The van der Waals surface area contributed by atoms with E-state index >= 15 is 0 Å². The molecule has 0 aliphatic carbocycles. The molecule has 1 spiro atoms. The molecule has 3 rings (SSSR count). The smallest absolute Gasteiger partial charge is 0.347 e. The summed E-state index contributed by atoms with van der Waals surface area (Å²) in [5, 5.41) is 0. The van der Waals surface area contributed by atoms with Gasteiger partial charge in [0.05, 0.1) is 26.3 Å². The third-order valence-corrected chi connectivity index (χ3v) is 5.10. The molecule has 0 aromatic heterocycles. The van der Waals surface area contributed by atoms with Gasteiger partial charge in [-0.05, 0) is 25.9 Å². The minimum absolute atomic E-state index is 0.0738. The van der Waals surface area contributed by atoms with Gasteiger partial charge in [0.2, 0.25) is 0 Å². The summed E-state index contributed by atoms with van der Waals surface area (Å²) >= 11 is 0. The van der Waals surface area contributed by atoms with Gasteiger partial charge in [-0.1, -0.05) is 0 Å². The van der Waals surface area contributed by atoms with E-state index in [2.05, 4.69) is 0 Å². The summed E-state index contributed by atoms with van der Waals surface area (Å²) < 4.78 is 83.6. The minimum Gasteiger partial charge on any atom is -0.347 e. The Bertz CT molecular complexity index is 521. The zero-order chi connectivity index (χ0) is 21.5. The standard InChI is InChI=1S/C10H16F3NO2.C8H12F3NO/c11-10(12,13)8-14-4-1-2-9(3-5-14)15-6-7-16-9;9-8(10,11)6-12-4-1-2-7(13)3-5-12/h1-8H2;1-6H2. The first kappa shape index (κ1) is 24.4. The summed E-state index contributed by atoms with van der Waals surface area (Å²) in [5.41, 5.74) is 0. The van der Waals surface area contributed by atoms with E-state index in [4.69, 9.17) is 9.47 Å². The third-order valence-electron chi connectivity index (χ3n) is 5.10. The molecule has 11 heteroatoms. The van der Waals surface area contributed by atoms with Crippen LogP contribution in [0, 0.1) is 0 Å². The predicted octanol–water partition coefficient (Wildman–Crippen LogP) is 3.38. The van der Waals surface area contributed by atoms with Gasteiger partial charge in [0.25, 0.3) is 0 Å². The second-order valence-corrected chi connectivity index (χ2v) is 7.64. The van der Waals surface area contributed by atoms with Crippen molar-refractivity contribution in [2.75, 3.05) is 52.5 Å². The van der Waals surface area contributed by atoms with Crippen LogP contribution < -0.4 is 0 Å². The Balaban J connectivity index is 0.000000212. The van der Waals surface area contributed by atoms with Crippen molar-refractivity contribution >= 4 is 5.78 Å². The van der Waals surface area contributed by atoms with E-state index in [0.29, 0.717) is 65.0 Å². The number of Topliss-reactive ketones (excluding diaryl/α,β-unsaturated/α-hetero) is 1. The molecule has 0 radical (unpaired) electrons. The van der Waals surface area contributed by atoms with E-state index in [1.165, 1.54) is 9.80 Å². The SMILES string of the molecule is FC(F)(F)CN1CCCC2(CC1)OCCO2.O=C1CCCN(CC(F)(F)F)CC1. The van der Waals surface area contributed by atoms with Crippen LogP contribution in [0.2, 0.25) is 0 Å². The molecule has 0 aromatic rings. The first-order valence-corrected chi connectivity index (χ1v) is 9.84. The molecule has 0 amide bonds. The first-order valence-electron chi connectivity index (χ1n) is 9.84. The Morgan fingerprint density at radius 2 is 1.31 bits per heavy atom. The van der Waals surface area contributed by atoms with E-state index < -0.39 is 31.2 Å².